The quantitative estimate of drug-likeness (QED) is 0.675. The van der Waals surface area contributed by atoms with Gasteiger partial charge in [0, 0.05) is 12.4 Å². The fourth-order valence-corrected chi connectivity index (χ4v) is 0.855. The van der Waals surface area contributed by atoms with Crippen LogP contribution >= 0.6 is 17.0 Å². The van der Waals surface area contributed by atoms with E-state index in [2.05, 4.69) is 29.3 Å². The van der Waals surface area contributed by atoms with Gasteiger partial charge in [-0.05, 0) is 25.0 Å². The van der Waals surface area contributed by atoms with Crippen LogP contribution in [0, 0.1) is 0 Å². The molecule has 1 aliphatic rings. The average molecular weight is 240 g/mol. The molecule has 1 aromatic rings. The van der Waals surface area contributed by atoms with Crippen molar-refractivity contribution in [3.05, 3.63) is 54.9 Å². The van der Waals surface area contributed by atoms with Crippen molar-refractivity contribution in [1.29, 1.82) is 0 Å². The summed E-state index contributed by atoms with van der Waals surface area (Å²) in [5.74, 6) is 0. The van der Waals surface area contributed by atoms with E-state index < -0.39 is 0 Å². The van der Waals surface area contributed by atoms with Crippen LogP contribution in [0.3, 0.4) is 0 Å². The number of rotatable bonds is 0. The van der Waals surface area contributed by atoms with E-state index >= 15 is 0 Å². The van der Waals surface area contributed by atoms with Crippen LogP contribution in [0.15, 0.2) is 54.9 Å². The molecule has 13 heavy (non-hydrogen) atoms. The predicted molar refractivity (Wildman–Crippen MR) is 62.1 cm³/mol. The number of pyridine rings is 1. The normalized spacial score (nSPS) is 12.3. The molecule has 0 saturated carbocycles. The number of halogens is 1. The second kappa shape index (κ2) is 9.20. The Hall–Kier alpha value is -0.890. The molecule has 0 spiro atoms. The molecule has 0 aliphatic heterocycles. The third-order valence-electron chi connectivity index (χ3n) is 1.45. The lowest BCUT2D eigenvalue weighted by Gasteiger charge is -1.88. The largest absolute Gasteiger partial charge is 0.265 e. The van der Waals surface area contributed by atoms with Crippen LogP contribution in [0.4, 0.5) is 0 Å². The van der Waals surface area contributed by atoms with Gasteiger partial charge < -0.3 is 0 Å². The average Bonchev–Trinajstić information content (AvgIpc) is 2.24. The van der Waals surface area contributed by atoms with Crippen LogP contribution in [0.2, 0.25) is 0 Å². The first kappa shape index (κ1) is 12.1. The van der Waals surface area contributed by atoms with Gasteiger partial charge in [-0.3, -0.25) is 4.98 Å². The molecule has 0 amide bonds. The van der Waals surface area contributed by atoms with Crippen molar-refractivity contribution in [2.75, 3.05) is 0 Å². The molecule has 0 unspecified atom stereocenters. The van der Waals surface area contributed by atoms with E-state index in [-0.39, 0.29) is 17.0 Å². The summed E-state index contributed by atoms with van der Waals surface area (Å²) in [4.78, 5) is 3.78. The van der Waals surface area contributed by atoms with Gasteiger partial charge in [-0.25, -0.2) is 0 Å². The highest BCUT2D eigenvalue weighted by Gasteiger charge is 1.77. The van der Waals surface area contributed by atoms with Gasteiger partial charge >= 0.3 is 0 Å². The predicted octanol–water partition coefficient (Wildman–Crippen LogP) is 3.55. The van der Waals surface area contributed by atoms with Gasteiger partial charge in [0.05, 0.1) is 0 Å². The Balaban J connectivity index is 0.000000206. The molecular formula is C11H14BrN. The Labute approximate surface area is 90.0 Å². The van der Waals surface area contributed by atoms with E-state index in [1.54, 1.807) is 12.4 Å². The van der Waals surface area contributed by atoms with E-state index in [1.807, 2.05) is 18.2 Å². The third kappa shape index (κ3) is 7.47. The number of hydrogen-bond donors (Lipinski definition) is 0. The summed E-state index contributed by atoms with van der Waals surface area (Å²) < 4.78 is 0. The molecule has 2 heteroatoms. The zero-order valence-corrected chi connectivity index (χ0v) is 9.18. The van der Waals surface area contributed by atoms with Crippen molar-refractivity contribution in [3.63, 3.8) is 0 Å². The summed E-state index contributed by atoms with van der Waals surface area (Å²) in [6.45, 7) is 0. The number of hydrogen-bond acceptors (Lipinski definition) is 1. The van der Waals surface area contributed by atoms with Crippen molar-refractivity contribution in [3.8, 4) is 0 Å². The molecule has 0 radical (unpaired) electrons. The first-order chi connectivity index (χ1) is 6.00. The highest BCUT2D eigenvalue weighted by atomic mass is 79.9. The lowest BCUT2D eigenvalue weighted by Crippen LogP contribution is -1.67. The van der Waals surface area contributed by atoms with Gasteiger partial charge in [0.2, 0.25) is 0 Å². The molecule has 70 valence electrons. The highest BCUT2D eigenvalue weighted by molar-refractivity contribution is 8.93. The Bertz CT molecular complexity index is 203. The SMILES string of the molecule is Br.C1=CCCC=C1.c1ccncc1. The zero-order valence-electron chi connectivity index (χ0n) is 7.47. The molecule has 1 heterocycles. The molecule has 0 bridgehead atoms. The lowest BCUT2D eigenvalue weighted by atomic mass is 10.2. The summed E-state index contributed by atoms with van der Waals surface area (Å²) >= 11 is 0. The molecule has 0 N–H and O–H groups in total. The summed E-state index contributed by atoms with van der Waals surface area (Å²) in [5.41, 5.74) is 0. The van der Waals surface area contributed by atoms with Crippen LogP contribution in [0.1, 0.15) is 12.8 Å². The fourth-order valence-electron chi connectivity index (χ4n) is 0.855. The zero-order chi connectivity index (χ0) is 8.49. The topological polar surface area (TPSA) is 12.9 Å². The first-order valence-electron chi connectivity index (χ1n) is 4.17. The van der Waals surface area contributed by atoms with Gasteiger partial charge in [-0.1, -0.05) is 30.4 Å². The molecule has 0 aromatic carbocycles. The minimum absolute atomic E-state index is 0. The van der Waals surface area contributed by atoms with Crippen LogP contribution in [-0.4, -0.2) is 4.98 Å². The van der Waals surface area contributed by atoms with Gasteiger partial charge in [0.25, 0.3) is 0 Å². The Morgan fingerprint density at radius 2 is 1.31 bits per heavy atom. The molecule has 1 aromatic heterocycles. The smallest absolute Gasteiger partial charge is 0.0267 e. The van der Waals surface area contributed by atoms with Crippen molar-refractivity contribution >= 4 is 17.0 Å². The van der Waals surface area contributed by atoms with E-state index in [9.17, 15) is 0 Å². The van der Waals surface area contributed by atoms with E-state index in [0.29, 0.717) is 0 Å². The highest BCUT2D eigenvalue weighted by Crippen LogP contribution is 1.98. The standard InChI is InChI=1S/C6H8.C5H5N.BrH/c2*1-2-4-6-5-3-1;/h1-4H,5-6H2;1-5H;1H. The van der Waals surface area contributed by atoms with Crippen LogP contribution < -0.4 is 0 Å². The molecule has 0 atom stereocenters. The molecule has 0 fully saturated rings. The van der Waals surface area contributed by atoms with E-state index in [4.69, 9.17) is 0 Å². The van der Waals surface area contributed by atoms with E-state index in [1.165, 1.54) is 12.8 Å². The number of allylic oxidation sites excluding steroid dienone is 4. The summed E-state index contributed by atoms with van der Waals surface area (Å²) in [5, 5.41) is 0. The van der Waals surface area contributed by atoms with Gasteiger partial charge in [0.1, 0.15) is 0 Å². The van der Waals surface area contributed by atoms with Gasteiger partial charge in [-0.2, -0.15) is 0 Å². The van der Waals surface area contributed by atoms with Crippen molar-refractivity contribution in [2.45, 2.75) is 12.8 Å². The minimum atomic E-state index is 0. The van der Waals surface area contributed by atoms with Crippen molar-refractivity contribution in [2.24, 2.45) is 0 Å². The minimum Gasteiger partial charge on any atom is -0.265 e. The maximum atomic E-state index is 3.78. The number of nitrogens with zero attached hydrogens (tertiary/aromatic N) is 1. The van der Waals surface area contributed by atoms with Gasteiger partial charge in [0.15, 0.2) is 0 Å². The summed E-state index contributed by atoms with van der Waals surface area (Å²) in [6, 6.07) is 5.72. The molecule has 1 aliphatic carbocycles. The van der Waals surface area contributed by atoms with E-state index in [0.717, 1.165) is 0 Å². The lowest BCUT2D eigenvalue weighted by molar-refractivity contribution is 1.04. The second-order valence-electron chi connectivity index (χ2n) is 2.46. The van der Waals surface area contributed by atoms with Crippen LogP contribution in [0.5, 0.6) is 0 Å². The maximum Gasteiger partial charge on any atom is 0.0267 e. The summed E-state index contributed by atoms with van der Waals surface area (Å²) in [6.07, 6.45) is 14.5. The van der Waals surface area contributed by atoms with Crippen LogP contribution in [0.25, 0.3) is 0 Å². The van der Waals surface area contributed by atoms with Crippen LogP contribution in [-0.2, 0) is 0 Å². The van der Waals surface area contributed by atoms with Crippen molar-refractivity contribution < 1.29 is 0 Å². The third-order valence-corrected chi connectivity index (χ3v) is 1.45. The van der Waals surface area contributed by atoms with Crippen molar-refractivity contribution in [1.82, 2.24) is 4.98 Å². The van der Waals surface area contributed by atoms with Gasteiger partial charge in [-0.15, -0.1) is 17.0 Å². The number of aromatic nitrogens is 1. The monoisotopic (exact) mass is 239 g/mol. The fraction of sp³-hybridized carbons (Fsp3) is 0.182. The first-order valence-corrected chi connectivity index (χ1v) is 4.17. The molecule has 0 saturated heterocycles. The molecular weight excluding hydrogens is 226 g/mol. The second-order valence-corrected chi connectivity index (χ2v) is 2.46. The molecule has 2 rings (SSSR count). The summed E-state index contributed by atoms with van der Waals surface area (Å²) in [7, 11) is 0. The molecule has 1 nitrogen and oxygen atoms in total. The Kier molecular flexibility index (Phi) is 8.57. The Morgan fingerprint density at radius 1 is 0.769 bits per heavy atom. The maximum absolute atomic E-state index is 3.78. The Morgan fingerprint density at radius 3 is 1.46 bits per heavy atom.